The van der Waals surface area contributed by atoms with Crippen LogP contribution in [0.5, 0.6) is 0 Å². The molecule has 5 heteroatoms. The first-order valence-corrected chi connectivity index (χ1v) is 11.9. The molecule has 3 aromatic rings. The highest BCUT2D eigenvalue weighted by molar-refractivity contribution is 6.02. The number of carbonyl (C=O) groups excluding carboxylic acids is 2. The van der Waals surface area contributed by atoms with Gasteiger partial charge in [-0.3, -0.25) is 9.59 Å². The monoisotopic (exact) mass is 442 g/mol. The Morgan fingerprint density at radius 3 is 2.61 bits per heavy atom. The first kappa shape index (κ1) is 21.5. The number of hydrogen-bond donors (Lipinski definition) is 0. The summed E-state index contributed by atoms with van der Waals surface area (Å²) in [5, 5.41) is 0. The molecule has 0 saturated heterocycles. The molecule has 0 bridgehead atoms. The second kappa shape index (κ2) is 8.89. The Morgan fingerprint density at radius 1 is 1.00 bits per heavy atom. The molecule has 0 spiro atoms. The predicted molar refractivity (Wildman–Crippen MR) is 129 cm³/mol. The Kier molecular flexibility index (Phi) is 5.79. The molecule has 33 heavy (non-hydrogen) atoms. The van der Waals surface area contributed by atoms with Crippen LogP contribution in [0.25, 0.3) is 11.1 Å². The van der Waals surface area contributed by atoms with Gasteiger partial charge in [0.05, 0.1) is 5.69 Å². The summed E-state index contributed by atoms with van der Waals surface area (Å²) in [6, 6.07) is 19.8. The van der Waals surface area contributed by atoms with Crippen LogP contribution >= 0.6 is 0 Å². The normalized spacial score (nSPS) is 19.7. The van der Waals surface area contributed by atoms with Crippen LogP contribution in [0.15, 0.2) is 66.9 Å². The highest BCUT2D eigenvalue weighted by Gasteiger charge is 2.40. The first-order chi connectivity index (χ1) is 16.1. The zero-order valence-corrected chi connectivity index (χ0v) is 19.1. The largest absolute Gasteiger partial charge is 0.459 e. The molecule has 1 amide bonds. The number of esters is 1. The average molecular weight is 443 g/mol. The lowest BCUT2D eigenvalue weighted by Crippen LogP contribution is -2.38. The lowest BCUT2D eigenvalue weighted by atomic mass is 9.70. The smallest absolute Gasteiger partial charge is 0.326 e. The number of carbonyl (C=O) groups is 2. The van der Waals surface area contributed by atoms with E-state index in [0.717, 1.165) is 49.0 Å². The Morgan fingerprint density at radius 2 is 1.79 bits per heavy atom. The van der Waals surface area contributed by atoms with Crippen LogP contribution in [-0.4, -0.2) is 23.0 Å². The summed E-state index contributed by atoms with van der Waals surface area (Å²) in [6.45, 7) is 3.37. The molecule has 2 aliphatic heterocycles. The molecule has 0 saturated carbocycles. The lowest BCUT2D eigenvalue weighted by Gasteiger charge is -2.39. The summed E-state index contributed by atoms with van der Waals surface area (Å²) in [7, 11) is 0. The van der Waals surface area contributed by atoms with Crippen molar-refractivity contribution in [2.45, 2.75) is 57.6 Å². The van der Waals surface area contributed by atoms with Gasteiger partial charge in [0.25, 0.3) is 0 Å². The number of fused-ring (bicyclic) bond motifs is 2. The predicted octanol–water partition coefficient (Wildman–Crippen LogP) is 5.47. The Hall–Kier alpha value is -3.34. The highest BCUT2D eigenvalue weighted by Crippen LogP contribution is 2.48. The second-order valence-corrected chi connectivity index (χ2v) is 9.15. The van der Waals surface area contributed by atoms with Gasteiger partial charge in [0.15, 0.2) is 0 Å². The Balaban J connectivity index is 1.50. The molecule has 170 valence electrons. The van der Waals surface area contributed by atoms with Crippen molar-refractivity contribution in [2.24, 2.45) is 0 Å². The van der Waals surface area contributed by atoms with E-state index in [1.54, 1.807) is 4.90 Å². The number of para-hydroxylation sites is 1. The number of ether oxygens (including phenoxy) is 1. The van der Waals surface area contributed by atoms with Crippen LogP contribution in [0.3, 0.4) is 0 Å². The number of nitrogens with zero attached hydrogens (tertiary/aromatic N) is 2. The van der Waals surface area contributed by atoms with Crippen LogP contribution in [0.2, 0.25) is 0 Å². The summed E-state index contributed by atoms with van der Waals surface area (Å²) in [5.74, 6) is -0.417. The van der Waals surface area contributed by atoms with Gasteiger partial charge in [-0.2, -0.15) is 0 Å². The van der Waals surface area contributed by atoms with Crippen molar-refractivity contribution < 1.29 is 14.3 Å². The molecule has 0 radical (unpaired) electrons. The molecule has 0 unspecified atom stereocenters. The van der Waals surface area contributed by atoms with Crippen LogP contribution in [-0.2, 0) is 32.9 Å². The molecule has 2 aliphatic rings. The standard InChI is InChI=1S/C28H30N2O3/c1-2-28-15-8-17-29-18-14-23(27(28)29)22-11-6-7-12-24(22)30(25(31)13-16-28)19-26(32)33-20-21-9-4-3-5-10-21/h3-7,9-12,14,18H,2,8,13,15-17,19-20H2,1H3/t28-/m1/s1. The molecule has 1 aromatic heterocycles. The van der Waals surface area contributed by atoms with E-state index in [0.29, 0.717) is 6.42 Å². The average Bonchev–Trinajstić information content (AvgIpc) is 3.31. The lowest BCUT2D eigenvalue weighted by molar-refractivity contribution is -0.144. The van der Waals surface area contributed by atoms with Crippen molar-refractivity contribution >= 4 is 17.6 Å². The number of benzene rings is 2. The number of aromatic nitrogens is 1. The molecule has 2 aromatic carbocycles. The third-order valence-electron chi connectivity index (χ3n) is 7.33. The number of amides is 1. The minimum atomic E-state index is -0.398. The zero-order valence-electron chi connectivity index (χ0n) is 19.1. The third-order valence-corrected chi connectivity index (χ3v) is 7.33. The van der Waals surface area contributed by atoms with Gasteiger partial charge in [0.1, 0.15) is 13.2 Å². The second-order valence-electron chi connectivity index (χ2n) is 9.15. The van der Waals surface area contributed by atoms with E-state index >= 15 is 0 Å². The van der Waals surface area contributed by atoms with Crippen molar-refractivity contribution in [3.63, 3.8) is 0 Å². The minimum absolute atomic E-state index is 0.0102. The van der Waals surface area contributed by atoms with Crippen LogP contribution in [0, 0.1) is 0 Å². The van der Waals surface area contributed by atoms with Gasteiger partial charge < -0.3 is 14.2 Å². The number of anilines is 1. The Bertz CT molecular complexity index is 1170. The maximum Gasteiger partial charge on any atom is 0.326 e. The molecule has 0 fully saturated rings. The fraction of sp³-hybridized carbons (Fsp3) is 0.357. The summed E-state index contributed by atoms with van der Waals surface area (Å²) in [6.07, 6.45) is 6.61. The summed E-state index contributed by atoms with van der Waals surface area (Å²) >= 11 is 0. The fourth-order valence-electron chi connectivity index (χ4n) is 5.58. The van der Waals surface area contributed by atoms with Gasteiger partial charge in [-0.1, -0.05) is 55.5 Å². The van der Waals surface area contributed by atoms with Crippen LogP contribution < -0.4 is 4.90 Å². The molecule has 5 nitrogen and oxygen atoms in total. The van der Waals surface area contributed by atoms with Gasteiger partial charge in [-0.25, -0.2) is 0 Å². The minimum Gasteiger partial charge on any atom is -0.459 e. The van der Waals surface area contributed by atoms with Gasteiger partial charge in [-0.15, -0.1) is 0 Å². The summed E-state index contributed by atoms with van der Waals surface area (Å²) < 4.78 is 7.91. The van der Waals surface area contributed by atoms with E-state index < -0.39 is 5.97 Å². The van der Waals surface area contributed by atoms with Crippen molar-refractivity contribution in [2.75, 3.05) is 11.4 Å². The van der Waals surface area contributed by atoms with E-state index in [1.165, 1.54) is 11.3 Å². The molecule has 0 N–H and O–H groups in total. The quantitative estimate of drug-likeness (QED) is 0.493. The molecule has 0 aliphatic carbocycles. The SMILES string of the molecule is CC[C@]12CCCn3ccc(c31)-c1ccccc1N(CC(=O)OCc1ccccc1)C(=O)CC2. The molecular formula is C28H30N2O3. The van der Waals surface area contributed by atoms with Crippen molar-refractivity contribution in [1.82, 2.24) is 4.57 Å². The molecule has 3 heterocycles. The summed E-state index contributed by atoms with van der Waals surface area (Å²) in [5.41, 5.74) is 5.25. The van der Waals surface area contributed by atoms with Crippen molar-refractivity contribution in [3.05, 3.63) is 78.1 Å². The maximum absolute atomic E-state index is 13.5. The van der Waals surface area contributed by atoms with Crippen LogP contribution in [0.1, 0.15) is 50.3 Å². The van der Waals surface area contributed by atoms with E-state index in [2.05, 4.69) is 29.8 Å². The molecule has 5 rings (SSSR count). The van der Waals surface area contributed by atoms with E-state index in [9.17, 15) is 9.59 Å². The third kappa shape index (κ3) is 3.97. The number of hydrogen-bond acceptors (Lipinski definition) is 3. The number of rotatable bonds is 5. The van der Waals surface area contributed by atoms with Crippen molar-refractivity contribution in [1.29, 1.82) is 0 Å². The van der Waals surface area contributed by atoms with E-state index in [-0.39, 0.29) is 24.5 Å². The molecular weight excluding hydrogens is 412 g/mol. The van der Waals surface area contributed by atoms with Gasteiger partial charge in [0.2, 0.25) is 5.91 Å². The highest BCUT2D eigenvalue weighted by atomic mass is 16.5. The first-order valence-electron chi connectivity index (χ1n) is 11.9. The van der Waals surface area contributed by atoms with Gasteiger partial charge in [0, 0.05) is 41.4 Å². The van der Waals surface area contributed by atoms with Gasteiger partial charge in [-0.05, 0) is 43.4 Å². The maximum atomic E-state index is 13.5. The van der Waals surface area contributed by atoms with E-state index in [4.69, 9.17) is 4.74 Å². The summed E-state index contributed by atoms with van der Waals surface area (Å²) in [4.78, 5) is 27.9. The van der Waals surface area contributed by atoms with Crippen molar-refractivity contribution in [3.8, 4) is 11.1 Å². The molecule has 1 atom stereocenters. The Labute approximate surface area is 195 Å². The van der Waals surface area contributed by atoms with Crippen LogP contribution in [0.4, 0.5) is 5.69 Å². The zero-order chi connectivity index (χ0) is 22.8. The van der Waals surface area contributed by atoms with Gasteiger partial charge >= 0.3 is 5.97 Å². The van der Waals surface area contributed by atoms with E-state index in [1.807, 2.05) is 48.5 Å². The number of aryl methyl sites for hydroxylation is 1. The fourth-order valence-corrected chi connectivity index (χ4v) is 5.58. The topological polar surface area (TPSA) is 51.5 Å².